The zero-order valence-corrected chi connectivity index (χ0v) is 19.0. The Balaban J connectivity index is 1.69. The van der Waals surface area contributed by atoms with E-state index in [9.17, 15) is 14.4 Å². The van der Waals surface area contributed by atoms with Crippen LogP contribution in [0.5, 0.6) is 5.75 Å². The number of nitriles is 1. The van der Waals surface area contributed by atoms with Gasteiger partial charge in [-0.15, -0.1) is 0 Å². The Morgan fingerprint density at radius 1 is 1.06 bits per heavy atom. The van der Waals surface area contributed by atoms with E-state index < -0.39 is 17.3 Å². The molecule has 3 aromatic carbocycles. The summed E-state index contributed by atoms with van der Waals surface area (Å²) in [5, 5.41) is 13.5. The Kier molecular flexibility index (Phi) is 7.12. The first-order valence-electron chi connectivity index (χ1n) is 11.4. The Bertz CT molecular complexity index is 1160. The summed E-state index contributed by atoms with van der Waals surface area (Å²) in [6, 6.07) is 25.7. The summed E-state index contributed by atoms with van der Waals surface area (Å²) in [6.45, 7) is 0.432. The van der Waals surface area contributed by atoms with Crippen molar-refractivity contribution in [3.05, 3.63) is 101 Å². The van der Waals surface area contributed by atoms with E-state index in [-0.39, 0.29) is 12.0 Å². The topological polar surface area (TPSA) is 71.3 Å². The van der Waals surface area contributed by atoms with Crippen LogP contribution in [-0.4, -0.2) is 19.2 Å². The highest BCUT2D eigenvalue weighted by molar-refractivity contribution is 5.67. The third kappa shape index (κ3) is 4.74. The predicted molar refractivity (Wildman–Crippen MR) is 127 cm³/mol. The zero-order chi connectivity index (χ0) is 24.0. The Morgan fingerprint density at radius 2 is 1.82 bits per heavy atom. The maximum absolute atomic E-state index is 14.3. The second-order valence-corrected chi connectivity index (χ2v) is 8.51. The fraction of sp³-hybridized carbons (Fsp3) is 0.286. The number of carbonyl (C=O) groups excluding carboxylic acids is 1. The number of nitrogens with zero attached hydrogens (tertiary/aromatic N) is 1. The Labute approximate surface area is 199 Å². The highest BCUT2D eigenvalue weighted by Crippen LogP contribution is 2.47. The van der Waals surface area contributed by atoms with Crippen molar-refractivity contribution < 1.29 is 18.7 Å². The smallest absolute Gasteiger partial charge is 0.407 e. The number of carbonyl (C=O) groups is 1. The predicted octanol–water partition coefficient (Wildman–Crippen LogP) is 5.74. The minimum Gasteiger partial charge on any atom is -0.489 e. The average Bonchev–Trinajstić information content (AvgIpc) is 3.33. The number of hydrogen-bond acceptors (Lipinski definition) is 4. The molecular weight excluding hydrogens is 431 g/mol. The van der Waals surface area contributed by atoms with Gasteiger partial charge >= 0.3 is 6.09 Å². The van der Waals surface area contributed by atoms with Gasteiger partial charge in [0.2, 0.25) is 0 Å². The molecule has 0 spiro atoms. The van der Waals surface area contributed by atoms with Crippen LogP contribution in [0.25, 0.3) is 0 Å². The quantitative estimate of drug-likeness (QED) is 0.490. The lowest BCUT2D eigenvalue weighted by Crippen LogP contribution is -2.47. The van der Waals surface area contributed by atoms with Crippen LogP contribution in [0.2, 0.25) is 0 Å². The molecule has 6 heteroatoms. The third-order valence-corrected chi connectivity index (χ3v) is 6.58. The number of methoxy groups -OCH3 is 1. The highest BCUT2D eigenvalue weighted by Gasteiger charge is 2.49. The molecule has 4 rings (SSSR count). The van der Waals surface area contributed by atoms with Gasteiger partial charge < -0.3 is 14.8 Å². The van der Waals surface area contributed by atoms with Crippen molar-refractivity contribution in [2.24, 2.45) is 5.92 Å². The Morgan fingerprint density at radius 3 is 2.50 bits per heavy atom. The van der Waals surface area contributed by atoms with Crippen LogP contribution in [-0.2, 0) is 16.8 Å². The normalized spacial score (nSPS) is 19.0. The number of alkyl carbamates (subject to hydrolysis) is 1. The van der Waals surface area contributed by atoms with Crippen LogP contribution in [0.4, 0.5) is 9.18 Å². The largest absolute Gasteiger partial charge is 0.489 e. The third-order valence-electron chi connectivity index (χ3n) is 6.58. The molecule has 1 unspecified atom stereocenters. The van der Waals surface area contributed by atoms with E-state index in [0.29, 0.717) is 24.3 Å². The molecule has 1 amide bonds. The van der Waals surface area contributed by atoms with E-state index in [1.807, 2.05) is 54.6 Å². The molecule has 3 atom stereocenters. The molecule has 0 heterocycles. The molecule has 5 nitrogen and oxygen atoms in total. The van der Waals surface area contributed by atoms with Crippen molar-refractivity contribution in [2.75, 3.05) is 7.11 Å². The molecule has 0 saturated heterocycles. The van der Waals surface area contributed by atoms with Gasteiger partial charge in [-0.25, -0.2) is 9.18 Å². The first-order valence-corrected chi connectivity index (χ1v) is 11.4. The number of nitrogens with one attached hydrogen (secondary N) is 1. The first-order chi connectivity index (χ1) is 16.6. The van der Waals surface area contributed by atoms with Gasteiger partial charge in [-0.1, -0.05) is 61.0 Å². The average molecular weight is 459 g/mol. The van der Waals surface area contributed by atoms with Crippen molar-refractivity contribution in [3.8, 4) is 11.8 Å². The van der Waals surface area contributed by atoms with Crippen LogP contribution in [0.15, 0.2) is 78.9 Å². The number of rotatable bonds is 7. The summed E-state index contributed by atoms with van der Waals surface area (Å²) >= 11 is 0. The van der Waals surface area contributed by atoms with E-state index >= 15 is 0 Å². The lowest BCUT2D eigenvalue weighted by molar-refractivity contribution is 0.161. The van der Waals surface area contributed by atoms with Crippen molar-refractivity contribution in [2.45, 2.75) is 37.3 Å². The zero-order valence-electron chi connectivity index (χ0n) is 19.0. The van der Waals surface area contributed by atoms with E-state index in [4.69, 9.17) is 9.47 Å². The van der Waals surface area contributed by atoms with Gasteiger partial charge in [-0.2, -0.15) is 5.26 Å². The summed E-state index contributed by atoms with van der Waals surface area (Å²) in [7, 11) is 1.32. The number of benzene rings is 3. The Hall–Kier alpha value is -3.85. The van der Waals surface area contributed by atoms with Crippen LogP contribution in [0, 0.1) is 23.1 Å². The van der Waals surface area contributed by atoms with Crippen LogP contribution in [0.1, 0.15) is 36.0 Å². The maximum atomic E-state index is 14.3. The lowest BCUT2D eigenvalue weighted by atomic mass is 9.65. The molecule has 1 fully saturated rings. The van der Waals surface area contributed by atoms with Gasteiger partial charge in [-0.3, -0.25) is 0 Å². The molecule has 1 aliphatic carbocycles. The molecule has 0 bridgehead atoms. The summed E-state index contributed by atoms with van der Waals surface area (Å²) < 4.78 is 25.0. The van der Waals surface area contributed by atoms with Crippen molar-refractivity contribution in [3.63, 3.8) is 0 Å². The molecule has 174 valence electrons. The molecule has 0 radical (unpaired) electrons. The van der Waals surface area contributed by atoms with E-state index in [0.717, 1.165) is 24.0 Å². The summed E-state index contributed by atoms with van der Waals surface area (Å²) in [5.41, 5.74) is 1.20. The van der Waals surface area contributed by atoms with Gasteiger partial charge in [0.15, 0.2) is 0 Å². The first kappa shape index (κ1) is 23.3. The van der Waals surface area contributed by atoms with Gasteiger partial charge in [0.05, 0.1) is 13.2 Å². The van der Waals surface area contributed by atoms with E-state index in [1.54, 1.807) is 12.1 Å². The highest BCUT2D eigenvalue weighted by atomic mass is 19.1. The second kappa shape index (κ2) is 10.4. The molecule has 1 saturated carbocycles. The number of hydrogen-bond donors (Lipinski definition) is 1. The molecule has 0 aromatic heterocycles. The summed E-state index contributed by atoms with van der Waals surface area (Å²) in [5.74, 6) is 0.0132. The molecule has 0 aliphatic heterocycles. The standard InChI is InChI=1S/C28H27FN2O3/c1-33-27(32)31-26-12-6-11-25(26)28(19-30,22-9-5-10-23(29)17-22)21-13-15-24(16-14-21)34-18-20-7-3-2-4-8-20/h2-5,7-10,13-17,25-26H,6,11-12,18H2,1H3,(H,31,32)/t25-,26-,28?/m0/s1. The minimum absolute atomic E-state index is 0.255. The molecule has 34 heavy (non-hydrogen) atoms. The number of ether oxygens (including phenoxy) is 2. The SMILES string of the molecule is COC(=O)N[C@H]1CCC[C@@H]1C(C#N)(c1ccc(OCc2ccccc2)cc1)c1cccc(F)c1. The van der Waals surface area contributed by atoms with Gasteiger partial charge in [0.25, 0.3) is 0 Å². The molecule has 3 aromatic rings. The van der Waals surface area contributed by atoms with E-state index in [1.165, 1.54) is 19.2 Å². The minimum atomic E-state index is -1.15. The monoisotopic (exact) mass is 458 g/mol. The fourth-order valence-electron chi connectivity index (χ4n) is 4.96. The van der Waals surface area contributed by atoms with Gasteiger partial charge in [0.1, 0.15) is 23.6 Å². The maximum Gasteiger partial charge on any atom is 0.407 e. The fourth-order valence-corrected chi connectivity index (χ4v) is 4.96. The van der Waals surface area contributed by atoms with Crippen molar-refractivity contribution in [1.29, 1.82) is 5.26 Å². The van der Waals surface area contributed by atoms with E-state index in [2.05, 4.69) is 11.4 Å². The summed E-state index contributed by atoms with van der Waals surface area (Å²) in [6.07, 6.45) is 1.74. The lowest BCUT2D eigenvalue weighted by Gasteiger charge is -2.37. The molecule has 1 aliphatic rings. The number of amides is 1. The molecular formula is C28H27FN2O3. The van der Waals surface area contributed by atoms with Crippen molar-refractivity contribution in [1.82, 2.24) is 5.32 Å². The van der Waals surface area contributed by atoms with Gasteiger partial charge in [0, 0.05) is 12.0 Å². The number of halogens is 1. The summed E-state index contributed by atoms with van der Waals surface area (Å²) in [4.78, 5) is 12.0. The van der Waals surface area contributed by atoms with Gasteiger partial charge in [-0.05, 0) is 53.8 Å². The second-order valence-electron chi connectivity index (χ2n) is 8.51. The molecule has 1 N–H and O–H groups in total. The van der Waals surface area contributed by atoms with Crippen LogP contribution in [0.3, 0.4) is 0 Å². The van der Waals surface area contributed by atoms with Crippen LogP contribution >= 0.6 is 0 Å². The van der Waals surface area contributed by atoms with Crippen LogP contribution < -0.4 is 10.1 Å². The van der Waals surface area contributed by atoms with Crippen molar-refractivity contribution >= 4 is 6.09 Å².